The van der Waals surface area contributed by atoms with E-state index in [0.717, 1.165) is 25.7 Å². The van der Waals surface area contributed by atoms with Gasteiger partial charge in [0.05, 0.1) is 0 Å². The van der Waals surface area contributed by atoms with E-state index >= 15 is 0 Å². The Bertz CT molecular complexity index is 292. The molecule has 3 nitrogen and oxygen atoms in total. The Morgan fingerprint density at radius 1 is 1.22 bits per heavy atom. The normalized spacial score (nSPS) is 26.4. The molecular formula is C15H28N2O. The maximum Gasteiger partial charge on any atom is 0.220 e. The number of amides is 1. The van der Waals surface area contributed by atoms with E-state index in [0.29, 0.717) is 24.4 Å². The van der Waals surface area contributed by atoms with Crippen LogP contribution in [-0.4, -0.2) is 18.5 Å². The summed E-state index contributed by atoms with van der Waals surface area (Å²) in [5.74, 6) is 0.227. The molecule has 104 valence electrons. The monoisotopic (exact) mass is 252 g/mol. The summed E-state index contributed by atoms with van der Waals surface area (Å²) in [6.45, 7) is 5.31. The summed E-state index contributed by atoms with van der Waals surface area (Å²) in [6.07, 6.45) is 8.86. The zero-order valence-corrected chi connectivity index (χ0v) is 11.9. The highest BCUT2D eigenvalue weighted by Crippen LogP contribution is 2.43. The first-order valence-corrected chi connectivity index (χ1v) is 7.44. The lowest BCUT2D eigenvalue weighted by molar-refractivity contribution is -0.125. The average molecular weight is 252 g/mol. The van der Waals surface area contributed by atoms with E-state index in [4.69, 9.17) is 5.73 Å². The van der Waals surface area contributed by atoms with Gasteiger partial charge in [-0.25, -0.2) is 0 Å². The van der Waals surface area contributed by atoms with Gasteiger partial charge in [0.25, 0.3) is 0 Å². The van der Waals surface area contributed by atoms with Gasteiger partial charge >= 0.3 is 0 Å². The highest BCUT2D eigenvalue weighted by molar-refractivity contribution is 5.77. The lowest BCUT2D eigenvalue weighted by Crippen LogP contribution is -2.45. The molecular weight excluding hydrogens is 224 g/mol. The fourth-order valence-corrected chi connectivity index (χ4v) is 3.29. The second-order valence-corrected chi connectivity index (χ2v) is 7.24. The van der Waals surface area contributed by atoms with Gasteiger partial charge in [-0.1, -0.05) is 20.3 Å². The van der Waals surface area contributed by atoms with Crippen LogP contribution >= 0.6 is 0 Å². The molecule has 1 amide bonds. The smallest absolute Gasteiger partial charge is 0.220 e. The SMILES string of the molecule is CC1(C)CCC(NC(=O)CC2(CN)CCC2)CC1. The summed E-state index contributed by atoms with van der Waals surface area (Å²) in [7, 11) is 0. The number of rotatable bonds is 4. The molecule has 0 saturated heterocycles. The van der Waals surface area contributed by atoms with Crippen LogP contribution in [0.4, 0.5) is 0 Å². The molecule has 0 aromatic carbocycles. The molecule has 0 unspecified atom stereocenters. The highest BCUT2D eigenvalue weighted by Gasteiger charge is 2.38. The first-order chi connectivity index (χ1) is 8.45. The van der Waals surface area contributed by atoms with Crippen LogP contribution in [0.25, 0.3) is 0 Å². The minimum absolute atomic E-state index is 0.137. The van der Waals surface area contributed by atoms with Crippen molar-refractivity contribution in [3.63, 3.8) is 0 Å². The fraction of sp³-hybridized carbons (Fsp3) is 0.933. The van der Waals surface area contributed by atoms with Crippen molar-refractivity contribution in [1.29, 1.82) is 0 Å². The standard InChI is InChI=1S/C15H28N2O/c1-14(2)8-4-12(5-9-14)17-13(18)10-15(11-16)6-3-7-15/h12H,3-11,16H2,1-2H3,(H,17,18). The third-order valence-corrected chi connectivity index (χ3v) is 5.09. The molecule has 2 saturated carbocycles. The molecule has 0 atom stereocenters. The van der Waals surface area contributed by atoms with Crippen molar-refractivity contribution in [2.75, 3.05) is 6.54 Å². The Labute approximate surface area is 111 Å². The molecule has 18 heavy (non-hydrogen) atoms. The molecule has 0 heterocycles. The third kappa shape index (κ3) is 3.25. The van der Waals surface area contributed by atoms with Gasteiger partial charge in [-0.15, -0.1) is 0 Å². The summed E-state index contributed by atoms with van der Waals surface area (Å²) in [6, 6.07) is 0.403. The topological polar surface area (TPSA) is 55.1 Å². The molecule has 2 aliphatic rings. The predicted molar refractivity (Wildman–Crippen MR) is 74.1 cm³/mol. The van der Waals surface area contributed by atoms with E-state index in [1.807, 2.05) is 0 Å². The summed E-state index contributed by atoms with van der Waals surface area (Å²) < 4.78 is 0. The Balaban J connectivity index is 1.75. The van der Waals surface area contributed by atoms with E-state index in [1.54, 1.807) is 0 Å². The molecule has 3 N–H and O–H groups in total. The number of nitrogens with two attached hydrogens (primary N) is 1. The van der Waals surface area contributed by atoms with Crippen LogP contribution < -0.4 is 11.1 Å². The number of carbonyl (C=O) groups excluding carboxylic acids is 1. The Morgan fingerprint density at radius 2 is 1.83 bits per heavy atom. The molecule has 2 rings (SSSR count). The van der Waals surface area contributed by atoms with Crippen molar-refractivity contribution in [2.24, 2.45) is 16.6 Å². The molecule has 0 aliphatic heterocycles. The minimum atomic E-state index is 0.137. The van der Waals surface area contributed by atoms with Crippen LogP contribution in [0.5, 0.6) is 0 Å². The highest BCUT2D eigenvalue weighted by atomic mass is 16.1. The van der Waals surface area contributed by atoms with Gasteiger partial charge in [-0.3, -0.25) is 4.79 Å². The molecule has 2 fully saturated rings. The van der Waals surface area contributed by atoms with Crippen molar-refractivity contribution in [3.05, 3.63) is 0 Å². The lowest BCUT2D eigenvalue weighted by Gasteiger charge is -2.41. The largest absolute Gasteiger partial charge is 0.353 e. The quantitative estimate of drug-likeness (QED) is 0.808. The van der Waals surface area contributed by atoms with Gasteiger partial charge in [0, 0.05) is 12.5 Å². The maximum absolute atomic E-state index is 12.1. The fourth-order valence-electron chi connectivity index (χ4n) is 3.29. The summed E-state index contributed by atoms with van der Waals surface area (Å²) in [4.78, 5) is 12.1. The Morgan fingerprint density at radius 3 is 2.28 bits per heavy atom. The van der Waals surface area contributed by atoms with Crippen molar-refractivity contribution < 1.29 is 4.79 Å². The molecule has 0 radical (unpaired) electrons. The number of hydrogen-bond donors (Lipinski definition) is 2. The second kappa shape index (κ2) is 5.20. The summed E-state index contributed by atoms with van der Waals surface area (Å²) in [5.41, 5.74) is 6.41. The lowest BCUT2D eigenvalue weighted by atomic mass is 9.66. The van der Waals surface area contributed by atoms with E-state index in [9.17, 15) is 4.79 Å². The molecule has 0 aromatic rings. The first-order valence-electron chi connectivity index (χ1n) is 7.44. The van der Waals surface area contributed by atoms with Crippen LogP contribution in [0.2, 0.25) is 0 Å². The van der Waals surface area contributed by atoms with Crippen molar-refractivity contribution in [2.45, 2.75) is 71.3 Å². The van der Waals surface area contributed by atoms with Crippen LogP contribution in [0.15, 0.2) is 0 Å². The molecule has 0 spiro atoms. The van der Waals surface area contributed by atoms with Gasteiger partial charge in [-0.05, 0) is 55.9 Å². The van der Waals surface area contributed by atoms with Crippen LogP contribution in [0.1, 0.15) is 65.2 Å². The van der Waals surface area contributed by atoms with Crippen molar-refractivity contribution in [3.8, 4) is 0 Å². The summed E-state index contributed by atoms with van der Waals surface area (Å²) >= 11 is 0. The molecule has 2 aliphatic carbocycles. The number of hydrogen-bond acceptors (Lipinski definition) is 2. The van der Waals surface area contributed by atoms with Crippen molar-refractivity contribution in [1.82, 2.24) is 5.32 Å². The van der Waals surface area contributed by atoms with Crippen LogP contribution in [-0.2, 0) is 4.79 Å². The molecule has 3 heteroatoms. The average Bonchev–Trinajstić information content (AvgIpc) is 2.27. The van der Waals surface area contributed by atoms with E-state index in [1.165, 1.54) is 19.3 Å². The minimum Gasteiger partial charge on any atom is -0.353 e. The third-order valence-electron chi connectivity index (χ3n) is 5.09. The Hall–Kier alpha value is -0.570. The van der Waals surface area contributed by atoms with Gasteiger partial charge < -0.3 is 11.1 Å². The zero-order valence-electron chi connectivity index (χ0n) is 11.9. The van der Waals surface area contributed by atoms with Crippen LogP contribution in [0.3, 0.4) is 0 Å². The van der Waals surface area contributed by atoms with E-state index in [2.05, 4.69) is 19.2 Å². The predicted octanol–water partition coefficient (Wildman–Crippen LogP) is 2.59. The van der Waals surface area contributed by atoms with Crippen molar-refractivity contribution >= 4 is 5.91 Å². The van der Waals surface area contributed by atoms with Gasteiger partial charge in [-0.2, -0.15) is 0 Å². The van der Waals surface area contributed by atoms with E-state index in [-0.39, 0.29) is 11.3 Å². The number of nitrogens with one attached hydrogen (secondary N) is 1. The molecule has 0 bridgehead atoms. The van der Waals surface area contributed by atoms with Gasteiger partial charge in [0.1, 0.15) is 0 Å². The second-order valence-electron chi connectivity index (χ2n) is 7.24. The van der Waals surface area contributed by atoms with Gasteiger partial charge in [0.2, 0.25) is 5.91 Å². The van der Waals surface area contributed by atoms with Crippen LogP contribution in [0, 0.1) is 10.8 Å². The number of carbonyl (C=O) groups is 1. The Kier molecular flexibility index (Phi) is 4.00. The summed E-state index contributed by atoms with van der Waals surface area (Å²) in [5, 5.41) is 3.22. The first kappa shape index (κ1) is 13.9. The van der Waals surface area contributed by atoms with Gasteiger partial charge in [0.15, 0.2) is 0 Å². The zero-order chi connectivity index (χ0) is 13.2. The van der Waals surface area contributed by atoms with E-state index < -0.39 is 0 Å². The molecule has 0 aromatic heterocycles. The maximum atomic E-state index is 12.1.